The highest BCUT2D eigenvalue weighted by atomic mass is 16.3. The second kappa shape index (κ2) is 5.59. The van der Waals surface area contributed by atoms with Crippen molar-refractivity contribution in [1.82, 2.24) is 9.97 Å². The summed E-state index contributed by atoms with van der Waals surface area (Å²) in [5, 5.41) is 1.05. The maximum absolute atomic E-state index is 6.14. The van der Waals surface area contributed by atoms with E-state index in [2.05, 4.69) is 52.1 Å². The van der Waals surface area contributed by atoms with Gasteiger partial charge in [0, 0.05) is 11.9 Å². The lowest BCUT2D eigenvalue weighted by Crippen LogP contribution is -2.23. The van der Waals surface area contributed by atoms with Gasteiger partial charge in [-0.25, -0.2) is 9.97 Å². The Bertz CT molecular complexity index is 1070. The molecule has 5 rings (SSSR count). The molecule has 1 unspecified atom stereocenters. The molecule has 4 nitrogen and oxygen atoms in total. The zero-order chi connectivity index (χ0) is 16.8. The number of aryl methyl sites for hydroxylation is 1. The summed E-state index contributed by atoms with van der Waals surface area (Å²) in [6, 6.07) is 17.2. The van der Waals surface area contributed by atoms with Gasteiger partial charge in [-0.3, -0.25) is 0 Å². The zero-order valence-corrected chi connectivity index (χ0v) is 14.1. The number of benzene rings is 2. The van der Waals surface area contributed by atoms with Gasteiger partial charge in [0.05, 0.1) is 6.04 Å². The first-order chi connectivity index (χ1) is 12.3. The van der Waals surface area contributed by atoms with Crippen molar-refractivity contribution in [2.45, 2.75) is 25.8 Å². The minimum Gasteiger partial charge on any atom is -0.450 e. The molecule has 1 fully saturated rings. The maximum Gasteiger partial charge on any atom is 0.196 e. The molecule has 1 aliphatic heterocycles. The van der Waals surface area contributed by atoms with Gasteiger partial charge in [-0.15, -0.1) is 0 Å². The zero-order valence-electron chi connectivity index (χ0n) is 14.1. The molecule has 0 N–H and O–H groups in total. The van der Waals surface area contributed by atoms with Crippen LogP contribution >= 0.6 is 0 Å². The predicted octanol–water partition coefficient (Wildman–Crippen LogP) is 5.03. The van der Waals surface area contributed by atoms with Gasteiger partial charge in [-0.05, 0) is 37.5 Å². The summed E-state index contributed by atoms with van der Waals surface area (Å²) in [5.41, 5.74) is 5.20. The number of para-hydroxylation sites is 1. The van der Waals surface area contributed by atoms with Crippen LogP contribution in [0.4, 0.5) is 5.82 Å². The van der Waals surface area contributed by atoms with E-state index in [1.54, 1.807) is 6.33 Å². The SMILES string of the molecule is Cc1cccc(C2CCCN2c2ncnc3c2oc2ccccc23)c1. The van der Waals surface area contributed by atoms with Crippen molar-refractivity contribution in [3.8, 4) is 0 Å². The van der Waals surface area contributed by atoms with Gasteiger partial charge >= 0.3 is 0 Å². The highest BCUT2D eigenvalue weighted by molar-refractivity contribution is 6.05. The molecule has 1 saturated heterocycles. The first-order valence-electron chi connectivity index (χ1n) is 8.77. The van der Waals surface area contributed by atoms with Crippen LogP contribution in [0.3, 0.4) is 0 Å². The van der Waals surface area contributed by atoms with E-state index in [1.165, 1.54) is 11.1 Å². The van der Waals surface area contributed by atoms with Gasteiger partial charge < -0.3 is 9.32 Å². The number of furan rings is 1. The molecule has 3 heterocycles. The van der Waals surface area contributed by atoms with E-state index < -0.39 is 0 Å². The van der Waals surface area contributed by atoms with Crippen molar-refractivity contribution in [2.24, 2.45) is 0 Å². The molecule has 0 aliphatic carbocycles. The second-order valence-corrected chi connectivity index (χ2v) is 6.74. The molecule has 2 aromatic heterocycles. The van der Waals surface area contributed by atoms with Gasteiger partial charge in [0.15, 0.2) is 11.4 Å². The van der Waals surface area contributed by atoms with Crippen LogP contribution in [0.1, 0.15) is 30.0 Å². The Labute approximate surface area is 146 Å². The number of aromatic nitrogens is 2. The lowest BCUT2D eigenvalue weighted by atomic mass is 10.0. The van der Waals surface area contributed by atoms with E-state index in [9.17, 15) is 0 Å². The van der Waals surface area contributed by atoms with Crippen LogP contribution < -0.4 is 4.90 Å². The summed E-state index contributed by atoms with van der Waals surface area (Å²) in [4.78, 5) is 11.5. The fourth-order valence-corrected chi connectivity index (χ4v) is 3.96. The number of anilines is 1. The molecule has 0 saturated carbocycles. The topological polar surface area (TPSA) is 42.2 Å². The molecule has 1 atom stereocenters. The van der Waals surface area contributed by atoms with Crippen LogP contribution in [0.15, 0.2) is 59.3 Å². The van der Waals surface area contributed by atoms with Crippen LogP contribution in [0, 0.1) is 6.92 Å². The number of hydrogen-bond donors (Lipinski definition) is 0. The van der Waals surface area contributed by atoms with E-state index in [0.29, 0.717) is 6.04 Å². The van der Waals surface area contributed by atoms with Gasteiger partial charge in [-0.1, -0.05) is 42.0 Å². The van der Waals surface area contributed by atoms with Gasteiger partial charge in [0.1, 0.15) is 17.4 Å². The Balaban J connectivity index is 1.67. The standard InChI is InChI=1S/C21H19N3O/c1-14-6-4-7-15(12-14)17-9-5-11-24(17)21-20-19(22-13-23-21)16-8-2-3-10-18(16)25-20/h2-4,6-8,10,12-13,17H,5,9,11H2,1H3. The summed E-state index contributed by atoms with van der Waals surface area (Å²) in [6.07, 6.45) is 3.95. The first-order valence-corrected chi connectivity index (χ1v) is 8.77. The molecule has 124 valence electrons. The van der Waals surface area contributed by atoms with E-state index in [1.807, 2.05) is 18.2 Å². The first kappa shape index (κ1) is 14.5. The summed E-state index contributed by atoms with van der Waals surface area (Å²) in [6.45, 7) is 3.13. The quantitative estimate of drug-likeness (QED) is 0.517. The van der Waals surface area contributed by atoms with Gasteiger partial charge in [-0.2, -0.15) is 0 Å². The Kier molecular flexibility index (Phi) is 3.23. The number of rotatable bonds is 2. The van der Waals surface area contributed by atoms with Crippen LogP contribution in [-0.2, 0) is 0 Å². The maximum atomic E-state index is 6.14. The van der Waals surface area contributed by atoms with E-state index in [-0.39, 0.29) is 0 Å². The van der Waals surface area contributed by atoms with Crippen molar-refractivity contribution < 1.29 is 4.42 Å². The molecule has 0 spiro atoms. The second-order valence-electron chi connectivity index (χ2n) is 6.74. The lowest BCUT2D eigenvalue weighted by Gasteiger charge is -2.26. The number of hydrogen-bond acceptors (Lipinski definition) is 4. The molecule has 4 aromatic rings. The third kappa shape index (κ3) is 2.29. The molecule has 2 aromatic carbocycles. The largest absolute Gasteiger partial charge is 0.450 e. The van der Waals surface area contributed by atoms with Gasteiger partial charge in [0.25, 0.3) is 0 Å². The molecular weight excluding hydrogens is 310 g/mol. The Hall–Kier alpha value is -2.88. The monoisotopic (exact) mass is 329 g/mol. The van der Waals surface area contributed by atoms with Crippen molar-refractivity contribution in [3.63, 3.8) is 0 Å². The van der Waals surface area contributed by atoms with E-state index >= 15 is 0 Å². The normalized spacial score (nSPS) is 17.6. The summed E-state index contributed by atoms with van der Waals surface area (Å²) < 4.78 is 6.14. The summed E-state index contributed by atoms with van der Waals surface area (Å²) >= 11 is 0. The Morgan fingerprint density at radius 3 is 2.92 bits per heavy atom. The highest BCUT2D eigenvalue weighted by Gasteiger charge is 2.30. The Morgan fingerprint density at radius 1 is 1.08 bits per heavy atom. The van der Waals surface area contributed by atoms with Crippen molar-refractivity contribution >= 4 is 27.9 Å². The minimum atomic E-state index is 0.339. The number of nitrogens with zero attached hydrogens (tertiary/aromatic N) is 3. The molecule has 0 amide bonds. The third-order valence-corrected chi connectivity index (χ3v) is 5.09. The number of fused-ring (bicyclic) bond motifs is 3. The van der Waals surface area contributed by atoms with Crippen LogP contribution in [-0.4, -0.2) is 16.5 Å². The summed E-state index contributed by atoms with van der Waals surface area (Å²) in [5.74, 6) is 0.908. The average molecular weight is 329 g/mol. The Morgan fingerprint density at radius 2 is 2.00 bits per heavy atom. The lowest BCUT2D eigenvalue weighted by molar-refractivity contribution is 0.652. The molecule has 1 aliphatic rings. The van der Waals surface area contributed by atoms with Crippen LogP contribution in [0.2, 0.25) is 0 Å². The molecule has 0 bridgehead atoms. The van der Waals surface area contributed by atoms with Crippen molar-refractivity contribution in [2.75, 3.05) is 11.4 Å². The third-order valence-electron chi connectivity index (χ3n) is 5.09. The van der Waals surface area contributed by atoms with E-state index in [0.717, 1.165) is 47.3 Å². The summed E-state index contributed by atoms with van der Waals surface area (Å²) in [7, 11) is 0. The minimum absolute atomic E-state index is 0.339. The van der Waals surface area contributed by atoms with Crippen molar-refractivity contribution in [3.05, 3.63) is 66.0 Å². The molecular formula is C21H19N3O. The van der Waals surface area contributed by atoms with Crippen molar-refractivity contribution in [1.29, 1.82) is 0 Å². The predicted molar refractivity (Wildman–Crippen MR) is 99.8 cm³/mol. The van der Waals surface area contributed by atoms with E-state index in [4.69, 9.17) is 4.42 Å². The smallest absolute Gasteiger partial charge is 0.196 e. The van der Waals surface area contributed by atoms with Crippen LogP contribution in [0.5, 0.6) is 0 Å². The fourth-order valence-electron chi connectivity index (χ4n) is 3.96. The van der Waals surface area contributed by atoms with Gasteiger partial charge in [0.2, 0.25) is 0 Å². The fraction of sp³-hybridized carbons (Fsp3) is 0.238. The molecule has 0 radical (unpaired) electrons. The van der Waals surface area contributed by atoms with Crippen LogP contribution in [0.25, 0.3) is 22.1 Å². The highest BCUT2D eigenvalue weighted by Crippen LogP contribution is 2.40. The molecule has 25 heavy (non-hydrogen) atoms. The average Bonchev–Trinajstić information content (AvgIpc) is 3.26. The molecule has 4 heteroatoms.